The third kappa shape index (κ3) is 14.3. The molecule has 0 radical (unpaired) electrons. The van der Waals surface area contributed by atoms with Gasteiger partial charge in [-0.3, -0.25) is 4.79 Å². The number of carbonyl (C=O) groups excluding carboxylic acids is 1. The van der Waals surface area contributed by atoms with E-state index in [9.17, 15) is 15.0 Å². The predicted octanol–water partition coefficient (Wildman–Crippen LogP) is 5.17. The van der Waals surface area contributed by atoms with Crippen LogP contribution in [0.5, 0.6) is 0 Å². The number of unbranched alkanes of at least 4 members (excludes halogenated alkanes) is 9. The van der Waals surface area contributed by atoms with Crippen LogP contribution in [-0.4, -0.2) is 35.5 Å². The zero-order valence-corrected chi connectivity index (χ0v) is 17.1. The zero-order valence-electron chi connectivity index (χ0n) is 17.1. The van der Waals surface area contributed by atoms with Gasteiger partial charge in [0.15, 0.2) is 0 Å². The first-order valence-electron chi connectivity index (χ1n) is 10.8. The summed E-state index contributed by atoms with van der Waals surface area (Å²) in [4.78, 5) is 11.8. The quantitative estimate of drug-likeness (QED) is 0.198. The van der Waals surface area contributed by atoms with Gasteiger partial charge in [0.2, 0.25) is 0 Å². The molecule has 0 saturated heterocycles. The van der Waals surface area contributed by atoms with E-state index in [1.54, 1.807) is 0 Å². The number of esters is 1. The van der Waals surface area contributed by atoms with Gasteiger partial charge in [-0.2, -0.15) is 0 Å². The highest BCUT2D eigenvalue weighted by molar-refractivity contribution is 5.73. The molecule has 0 heterocycles. The third-order valence-electron chi connectivity index (χ3n) is 4.67. The molecule has 0 rings (SSSR count). The van der Waals surface area contributed by atoms with Gasteiger partial charge in [-0.15, -0.1) is 0 Å². The molecular weight excluding hydrogens is 328 g/mol. The van der Waals surface area contributed by atoms with Gasteiger partial charge in [0.25, 0.3) is 0 Å². The molecule has 2 atom stereocenters. The minimum Gasteiger partial charge on any atom is -0.465 e. The Labute approximate surface area is 161 Å². The van der Waals surface area contributed by atoms with E-state index in [4.69, 9.17) is 4.74 Å². The van der Waals surface area contributed by atoms with Crippen LogP contribution in [-0.2, 0) is 9.53 Å². The Hall–Kier alpha value is -0.870. The number of hydrogen-bond acceptors (Lipinski definition) is 4. The van der Waals surface area contributed by atoms with Gasteiger partial charge in [0, 0.05) is 0 Å². The lowest BCUT2D eigenvalue weighted by Gasteiger charge is -2.19. The average Bonchev–Trinajstić information content (AvgIpc) is 2.64. The second-order valence-corrected chi connectivity index (χ2v) is 7.19. The summed E-state index contributed by atoms with van der Waals surface area (Å²) in [6.07, 6.45) is 18.3. The van der Waals surface area contributed by atoms with Crippen LogP contribution in [0.2, 0.25) is 0 Å². The van der Waals surface area contributed by atoms with Gasteiger partial charge in [0.05, 0.1) is 19.3 Å². The van der Waals surface area contributed by atoms with Gasteiger partial charge >= 0.3 is 5.97 Å². The van der Waals surface area contributed by atoms with Gasteiger partial charge in [-0.05, 0) is 38.5 Å². The molecule has 2 N–H and O–H groups in total. The van der Waals surface area contributed by atoms with Crippen molar-refractivity contribution in [1.82, 2.24) is 0 Å². The number of rotatable bonds is 18. The van der Waals surface area contributed by atoms with Gasteiger partial charge in [-0.25, -0.2) is 0 Å². The van der Waals surface area contributed by atoms with Gasteiger partial charge in [-0.1, -0.05) is 70.9 Å². The molecule has 154 valence electrons. The lowest BCUT2D eigenvalue weighted by atomic mass is 9.97. The van der Waals surface area contributed by atoms with Crippen molar-refractivity contribution in [1.29, 1.82) is 0 Å². The highest BCUT2D eigenvalue weighted by atomic mass is 16.5. The first-order valence-corrected chi connectivity index (χ1v) is 10.8. The molecule has 0 amide bonds. The lowest BCUT2D eigenvalue weighted by molar-refractivity contribution is -0.154. The molecule has 0 aliphatic heterocycles. The van der Waals surface area contributed by atoms with Crippen LogP contribution in [0, 0.1) is 5.92 Å². The number of hydrogen-bond donors (Lipinski definition) is 2. The van der Waals surface area contributed by atoms with E-state index in [-0.39, 0.29) is 6.61 Å². The van der Waals surface area contributed by atoms with Crippen molar-refractivity contribution in [3.63, 3.8) is 0 Å². The normalized spacial score (nSPS) is 13.8. The monoisotopic (exact) mass is 370 g/mol. The molecule has 0 fully saturated rings. The number of carbonyl (C=O) groups is 1. The van der Waals surface area contributed by atoms with E-state index in [1.807, 2.05) is 6.92 Å². The van der Waals surface area contributed by atoms with Gasteiger partial charge in [0.1, 0.15) is 5.92 Å². The standard InChI is InChI=1S/C22H42O4/c1-3-5-6-7-8-9-10-11-12-13-14-15-16-17-21(24)20(19-23)22(25)26-18-4-2/h11-12,20-21,23-24H,3-10,13-19H2,1-2H3/b12-11-. The van der Waals surface area contributed by atoms with Crippen LogP contribution in [0.3, 0.4) is 0 Å². The summed E-state index contributed by atoms with van der Waals surface area (Å²) in [5.41, 5.74) is 0. The fraction of sp³-hybridized carbons (Fsp3) is 0.864. The Balaban J connectivity index is 3.60. The molecule has 0 saturated carbocycles. The molecule has 26 heavy (non-hydrogen) atoms. The Morgan fingerprint density at radius 1 is 0.885 bits per heavy atom. The Kier molecular flexibility index (Phi) is 18.3. The average molecular weight is 371 g/mol. The molecular formula is C22H42O4. The highest BCUT2D eigenvalue weighted by Gasteiger charge is 2.26. The fourth-order valence-corrected chi connectivity index (χ4v) is 2.93. The maximum Gasteiger partial charge on any atom is 0.313 e. The van der Waals surface area contributed by atoms with Crippen LogP contribution in [0.15, 0.2) is 12.2 Å². The van der Waals surface area contributed by atoms with Crippen molar-refractivity contribution < 1.29 is 19.7 Å². The van der Waals surface area contributed by atoms with E-state index in [0.29, 0.717) is 13.0 Å². The molecule has 0 aliphatic rings. The number of aliphatic hydroxyl groups excluding tert-OH is 2. The highest BCUT2D eigenvalue weighted by Crippen LogP contribution is 2.15. The number of ether oxygens (including phenoxy) is 1. The summed E-state index contributed by atoms with van der Waals surface area (Å²) in [7, 11) is 0. The molecule has 0 aromatic carbocycles. The molecule has 0 aliphatic carbocycles. The molecule has 4 heteroatoms. The summed E-state index contributed by atoms with van der Waals surface area (Å²) >= 11 is 0. The van der Waals surface area contributed by atoms with Crippen molar-refractivity contribution in [2.45, 2.75) is 103 Å². The summed E-state index contributed by atoms with van der Waals surface area (Å²) in [5.74, 6) is -1.29. The van der Waals surface area contributed by atoms with Crippen LogP contribution < -0.4 is 0 Å². The minimum absolute atomic E-state index is 0.340. The van der Waals surface area contributed by atoms with Crippen molar-refractivity contribution in [2.75, 3.05) is 13.2 Å². The topological polar surface area (TPSA) is 66.8 Å². The van der Waals surface area contributed by atoms with Crippen molar-refractivity contribution in [3.05, 3.63) is 12.2 Å². The number of allylic oxidation sites excluding steroid dienone is 2. The van der Waals surface area contributed by atoms with Crippen LogP contribution >= 0.6 is 0 Å². The largest absolute Gasteiger partial charge is 0.465 e. The molecule has 2 unspecified atom stereocenters. The Morgan fingerprint density at radius 2 is 1.46 bits per heavy atom. The predicted molar refractivity (Wildman–Crippen MR) is 108 cm³/mol. The Bertz CT molecular complexity index is 341. The van der Waals surface area contributed by atoms with Crippen molar-refractivity contribution >= 4 is 5.97 Å². The van der Waals surface area contributed by atoms with E-state index in [0.717, 1.165) is 32.1 Å². The van der Waals surface area contributed by atoms with E-state index < -0.39 is 18.0 Å². The minimum atomic E-state index is -0.812. The lowest BCUT2D eigenvalue weighted by Crippen LogP contribution is -2.33. The van der Waals surface area contributed by atoms with Crippen molar-refractivity contribution in [3.8, 4) is 0 Å². The maximum absolute atomic E-state index is 11.8. The van der Waals surface area contributed by atoms with Crippen LogP contribution in [0.25, 0.3) is 0 Å². The molecule has 0 aromatic rings. The summed E-state index contributed by atoms with van der Waals surface area (Å²) in [5, 5.41) is 19.4. The Morgan fingerprint density at radius 3 is 2.04 bits per heavy atom. The second-order valence-electron chi connectivity index (χ2n) is 7.19. The first-order chi connectivity index (χ1) is 12.7. The van der Waals surface area contributed by atoms with Crippen LogP contribution in [0.1, 0.15) is 97.3 Å². The molecule has 0 aromatic heterocycles. The smallest absolute Gasteiger partial charge is 0.313 e. The second kappa shape index (κ2) is 18.9. The van der Waals surface area contributed by atoms with E-state index in [1.165, 1.54) is 44.9 Å². The van der Waals surface area contributed by atoms with Crippen LogP contribution in [0.4, 0.5) is 0 Å². The molecule has 0 bridgehead atoms. The van der Waals surface area contributed by atoms with E-state index in [2.05, 4.69) is 19.1 Å². The van der Waals surface area contributed by atoms with Gasteiger partial charge < -0.3 is 14.9 Å². The van der Waals surface area contributed by atoms with E-state index >= 15 is 0 Å². The molecule has 4 nitrogen and oxygen atoms in total. The summed E-state index contributed by atoms with van der Waals surface area (Å²) in [6, 6.07) is 0. The van der Waals surface area contributed by atoms with Crippen molar-refractivity contribution in [2.24, 2.45) is 5.92 Å². The third-order valence-corrected chi connectivity index (χ3v) is 4.67. The fourth-order valence-electron chi connectivity index (χ4n) is 2.93. The first kappa shape index (κ1) is 25.1. The SMILES string of the molecule is CCCCCCCC/C=C\CCCCCC(O)C(CO)C(=O)OCCC. The number of aliphatic hydroxyl groups is 2. The zero-order chi connectivity index (χ0) is 19.5. The molecule has 0 spiro atoms. The maximum atomic E-state index is 11.8. The summed E-state index contributed by atoms with van der Waals surface area (Å²) < 4.78 is 5.02. The summed E-state index contributed by atoms with van der Waals surface area (Å²) in [6.45, 7) is 4.15.